The van der Waals surface area contributed by atoms with Crippen molar-refractivity contribution in [1.82, 2.24) is 10.3 Å². The lowest BCUT2D eigenvalue weighted by Crippen LogP contribution is -2.41. The summed E-state index contributed by atoms with van der Waals surface area (Å²) in [5.41, 5.74) is 4.02. The molecule has 0 aromatic carbocycles. The summed E-state index contributed by atoms with van der Waals surface area (Å²) in [4.78, 5) is 25.4. The number of hydrogen-bond donors (Lipinski definition) is 1. The molecule has 1 aliphatic heterocycles. The van der Waals surface area contributed by atoms with Gasteiger partial charge in [-0.15, -0.1) is 0 Å². The van der Waals surface area contributed by atoms with E-state index >= 15 is 0 Å². The first-order valence-electron chi connectivity index (χ1n) is 6.41. The molecule has 1 saturated carbocycles. The predicted octanol–water partition coefficient (Wildman–Crippen LogP) is 1.51. The number of hydrogen-bond acceptors (Lipinski definition) is 4. The standard InChI is InChI=1S/C13H15N3O2S/c17-12-4-3-11(14-15-12)13(18)16(10-1-2-10)7-9-5-6-19-8-9/h5-6,8,10H,1-4,7H2,(H,15,17). The second kappa shape index (κ2) is 5.13. The molecule has 1 N–H and O–H groups in total. The monoisotopic (exact) mass is 277 g/mol. The van der Waals surface area contributed by atoms with Crippen LogP contribution in [0.25, 0.3) is 0 Å². The van der Waals surface area contributed by atoms with Gasteiger partial charge in [0.25, 0.3) is 5.91 Å². The molecule has 0 saturated heterocycles. The number of nitrogens with zero attached hydrogens (tertiary/aromatic N) is 2. The molecule has 2 aliphatic rings. The van der Waals surface area contributed by atoms with E-state index in [1.165, 1.54) is 0 Å². The van der Waals surface area contributed by atoms with Crippen LogP contribution in [0.2, 0.25) is 0 Å². The number of thiophene rings is 1. The van der Waals surface area contributed by atoms with Gasteiger partial charge in [-0.25, -0.2) is 5.43 Å². The highest BCUT2D eigenvalue weighted by Crippen LogP contribution is 2.29. The fraction of sp³-hybridized carbons (Fsp3) is 0.462. The molecule has 19 heavy (non-hydrogen) atoms. The van der Waals surface area contributed by atoms with Crippen molar-refractivity contribution in [3.05, 3.63) is 22.4 Å². The molecule has 2 heterocycles. The number of nitrogens with one attached hydrogen (secondary N) is 1. The summed E-state index contributed by atoms with van der Waals surface area (Å²) in [5.74, 6) is -0.152. The summed E-state index contributed by atoms with van der Waals surface area (Å²) < 4.78 is 0. The molecule has 100 valence electrons. The second-order valence-corrected chi connectivity index (χ2v) is 5.67. The minimum Gasteiger partial charge on any atom is -0.330 e. The summed E-state index contributed by atoms with van der Waals surface area (Å²) in [6.07, 6.45) is 2.92. The van der Waals surface area contributed by atoms with Crippen LogP contribution in [0.5, 0.6) is 0 Å². The van der Waals surface area contributed by atoms with Crippen LogP contribution in [0.1, 0.15) is 31.2 Å². The largest absolute Gasteiger partial charge is 0.330 e. The fourth-order valence-corrected chi connectivity index (χ4v) is 2.79. The maximum atomic E-state index is 12.5. The zero-order valence-electron chi connectivity index (χ0n) is 10.5. The van der Waals surface area contributed by atoms with Crippen molar-refractivity contribution in [2.45, 2.75) is 38.3 Å². The first-order chi connectivity index (χ1) is 9.24. The van der Waals surface area contributed by atoms with E-state index in [2.05, 4.69) is 15.9 Å². The van der Waals surface area contributed by atoms with Crippen LogP contribution in [0, 0.1) is 0 Å². The van der Waals surface area contributed by atoms with Crippen molar-refractivity contribution in [1.29, 1.82) is 0 Å². The van der Waals surface area contributed by atoms with Crippen molar-refractivity contribution < 1.29 is 9.59 Å². The summed E-state index contributed by atoms with van der Waals surface area (Å²) >= 11 is 1.64. The molecule has 1 aromatic rings. The lowest BCUT2D eigenvalue weighted by Gasteiger charge is -2.23. The highest BCUT2D eigenvalue weighted by atomic mass is 32.1. The third kappa shape index (κ3) is 2.84. The zero-order chi connectivity index (χ0) is 13.2. The second-order valence-electron chi connectivity index (χ2n) is 4.89. The summed E-state index contributed by atoms with van der Waals surface area (Å²) in [7, 11) is 0. The number of amides is 2. The quantitative estimate of drug-likeness (QED) is 0.906. The molecule has 1 aliphatic carbocycles. The molecule has 0 spiro atoms. The van der Waals surface area contributed by atoms with Gasteiger partial charge < -0.3 is 4.90 Å². The Balaban J connectivity index is 1.73. The number of carbonyl (C=O) groups is 2. The van der Waals surface area contributed by atoms with E-state index in [1.807, 2.05) is 16.3 Å². The summed E-state index contributed by atoms with van der Waals surface area (Å²) in [6.45, 7) is 0.639. The summed E-state index contributed by atoms with van der Waals surface area (Å²) in [5, 5.41) is 7.98. The first kappa shape index (κ1) is 12.3. The number of hydrazone groups is 1. The Hall–Kier alpha value is -1.69. The molecule has 0 unspecified atom stereocenters. The Bertz CT molecular complexity index is 520. The Morgan fingerprint density at radius 1 is 1.47 bits per heavy atom. The third-order valence-corrected chi connectivity index (χ3v) is 4.06. The first-order valence-corrected chi connectivity index (χ1v) is 7.36. The van der Waals surface area contributed by atoms with Crippen LogP contribution in [-0.4, -0.2) is 28.5 Å². The van der Waals surface area contributed by atoms with Gasteiger partial charge in [0.05, 0.1) is 0 Å². The lowest BCUT2D eigenvalue weighted by molar-refractivity contribution is -0.125. The maximum absolute atomic E-state index is 12.5. The molecule has 5 nitrogen and oxygen atoms in total. The zero-order valence-corrected chi connectivity index (χ0v) is 11.3. The van der Waals surface area contributed by atoms with Gasteiger partial charge in [0.15, 0.2) is 0 Å². The molecule has 2 amide bonds. The van der Waals surface area contributed by atoms with Crippen LogP contribution < -0.4 is 5.43 Å². The van der Waals surface area contributed by atoms with Gasteiger partial charge in [-0.2, -0.15) is 16.4 Å². The molecular formula is C13H15N3O2S. The van der Waals surface area contributed by atoms with Gasteiger partial charge in [-0.3, -0.25) is 9.59 Å². The highest BCUT2D eigenvalue weighted by Gasteiger charge is 2.35. The minimum absolute atomic E-state index is 0.0336. The number of carbonyl (C=O) groups excluding carboxylic acids is 2. The minimum atomic E-state index is -0.118. The lowest BCUT2D eigenvalue weighted by atomic mass is 10.1. The van der Waals surface area contributed by atoms with Gasteiger partial charge in [-0.1, -0.05) is 0 Å². The molecule has 0 bridgehead atoms. The van der Waals surface area contributed by atoms with Gasteiger partial charge in [0.2, 0.25) is 5.91 Å². The molecule has 0 atom stereocenters. The van der Waals surface area contributed by atoms with Gasteiger partial charge >= 0.3 is 0 Å². The molecule has 0 radical (unpaired) electrons. The Labute approximate surface area is 115 Å². The van der Waals surface area contributed by atoms with Crippen LogP contribution in [0.15, 0.2) is 21.9 Å². The predicted molar refractivity (Wildman–Crippen MR) is 72.7 cm³/mol. The van der Waals surface area contributed by atoms with Crippen LogP contribution in [0.3, 0.4) is 0 Å². The Kier molecular flexibility index (Phi) is 3.33. The van der Waals surface area contributed by atoms with Crippen molar-refractivity contribution in [3.8, 4) is 0 Å². The van der Waals surface area contributed by atoms with Crippen molar-refractivity contribution >= 4 is 28.9 Å². The molecule has 1 aromatic heterocycles. The number of rotatable bonds is 4. The maximum Gasteiger partial charge on any atom is 0.270 e. The van der Waals surface area contributed by atoms with E-state index in [9.17, 15) is 9.59 Å². The third-order valence-electron chi connectivity index (χ3n) is 3.33. The Morgan fingerprint density at radius 2 is 2.32 bits per heavy atom. The molecule has 3 rings (SSSR count). The van der Waals surface area contributed by atoms with E-state index in [0.29, 0.717) is 31.1 Å². The summed E-state index contributed by atoms with van der Waals surface area (Å²) in [6, 6.07) is 2.38. The average molecular weight is 277 g/mol. The van der Waals surface area contributed by atoms with Crippen LogP contribution in [-0.2, 0) is 16.1 Å². The van der Waals surface area contributed by atoms with E-state index in [0.717, 1.165) is 18.4 Å². The topological polar surface area (TPSA) is 61.8 Å². The molecule has 6 heteroatoms. The molecular weight excluding hydrogens is 262 g/mol. The smallest absolute Gasteiger partial charge is 0.270 e. The average Bonchev–Trinajstić information content (AvgIpc) is 3.13. The highest BCUT2D eigenvalue weighted by molar-refractivity contribution is 7.07. The van der Waals surface area contributed by atoms with Crippen molar-refractivity contribution in [2.75, 3.05) is 0 Å². The molecule has 1 fully saturated rings. The van der Waals surface area contributed by atoms with Crippen LogP contribution >= 0.6 is 11.3 Å². The van der Waals surface area contributed by atoms with Crippen molar-refractivity contribution in [2.24, 2.45) is 5.10 Å². The van der Waals surface area contributed by atoms with Gasteiger partial charge in [0, 0.05) is 25.4 Å². The van der Waals surface area contributed by atoms with E-state index < -0.39 is 0 Å². The van der Waals surface area contributed by atoms with Crippen LogP contribution in [0.4, 0.5) is 0 Å². The van der Waals surface area contributed by atoms with Gasteiger partial charge in [0.1, 0.15) is 5.71 Å². The Morgan fingerprint density at radius 3 is 2.89 bits per heavy atom. The van der Waals surface area contributed by atoms with Crippen molar-refractivity contribution in [3.63, 3.8) is 0 Å². The van der Waals surface area contributed by atoms with E-state index in [1.54, 1.807) is 11.3 Å². The van der Waals surface area contributed by atoms with E-state index in [-0.39, 0.29) is 11.8 Å². The van der Waals surface area contributed by atoms with Gasteiger partial charge in [-0.05, 0) is 35.2 Å². The SMILES string of the molecule is O=C1CCC(C(=O)N(Cc2ccsc2)C2CC2)=NN1. The normalized spacial score (nSPS) is 18.7. The fourth-order valence-electron chi connectivity index (χ4n) is 2.13. The van der Waals surface area contributed by atoms with E-state index in [4.69, 9.17) is 0 Å².